The first-order chi connectivity index (χ1) is 9.51. The van der Waals surface area contributed by atoms with Gasteiger partial charge in [-0.25, -0.2) is 0 Å². The van der Waals surface area contributed by atoms with Crippen LogP contribution in [0, 0.1) is 20.8 Å². The van der Waals surface area contributed by atoms with Crippen LogP contribution in [0.25, 0.3) is 0 Å². The quantitative estimate of drug-likeness (QED) is 0.895. The minimum Gasteiger partial charge on any atom is -0.457 e. The van der Waals surface area contributed by atoms with Gasteiger partial charge in [-0.05, 0) is 68.6 Å². The zero-order valence-corrected chi connectivity index (χ0v) is 12.9. The fraction of sp³-hybridized carbons (Fsp3) is 0.294. The molecule has 0 aliphatic rings. The fourth-order valence-electron chi connectivity index (χ4n) is 2.33. The van der Waals surface area contributed by atoms with Gasteiger partial charge in [-0.1, -0.05) is 29.3 Å². The van der Waals surface area contributed by atoms with Crippen LogP contribution >= 0.6 is 11.6 Å². The van der Waals surface area contributed by atoms with Gasteiger partial charge in [0.25, 0.3) is 0 Å². The van der Waals surface area contributed by atoms with Crippen molar-refractivity contribution in [3.05, 3.63) is 57.6 Å². The molecule has 2 aromatic rings. The third kappa shape index (κ3) is 3.33. The smallest absolute Gasteiger partial charge is 0.133 e. The highest BCUT2D eigenvalue weighted by molar-refractivity contribution is 6.30. The number of nitrogens with two attached hydrogens (primary N) is 1. The number of ether oxygens (including phenoxy) is 1. The van der Waals surface area contributed by atoms with Crippen molar-refractivity contribution in [3.8, 4) is 11.5 Å². The van der Waals surface area contributed by atoms with Crippen molar-refractivity contribution in [2.75, 3.05) is 6.54 Å². The number of benzene rings is 2. The Balaban J connectivity index is 2.40. The molecule has 2 rings (SSSR count). The summed E-state index contributed by atoms with van der Waals surface area (Å²) in [6.07, 6.45) is 0.808. The van der Waals surface area contributed by atoms with Gasteiger partial charge in [-0.2, -0.15) is 0 Å². The van der Waals surface area contributed by atoms with E-state index in [1.807, 2.05) is 32.0 Å². The minimum absolute atomic E-state index is 0.610. The molecular weight excluding hydrogens is 270 g/mol. The third-order valence-corrected chi connectivity index (χ3v) is 3.49. The molecule has 0 amide bonds. The van der Waals surface area contributed by atoms with Gasteiger partial charge in [0.15, 0.2) is 0 Å². The Hall–Kier alpha value is -1.51. The number of halogens is 1. The normalized spacial score (nSPS) is 10.7. The molecule has 0 atom stereocenters. The minimum atomic E-state index is 0.610. The van der Waals surface area contributed by atoms with E-state index in [1.165, 1.54) is 5.56 Å². The highest BCUT2D eigenvalue weighted by Crippen LogP contribution is 2.33. The molecule has 3 heteroatoms. The molecule has 0 saturated carbocycles. The first-order valence-corrected chi connectivity index (χ1v) is 7.13. The van der Waals surface area contributed by atoms with Crippen LogP contribution in [0.5, 0.6) is 11.5 Å². The Bertz CT molecular complexity index is 599. The molecule has 2 nitrogen and oxygen atoms in total. The van der Waals surface area contributed by atoms with E-state index in [0.29, 0.717) is 6.54 Å². The lowest BCUT2D eigenvalue weighted by Crippen LogP contribution is -2.04. The molecule has 0 aliphatic carbocycles. The molecule has 106 valence electrons. The van der Waals surface area contributed by atoms with Crippen molar-refractivity contribution < 1.29 is 4.74 Å². The van der Waals surface area contributed by atoms with Crippen LogP contribution in [0.15, 0.2) is 30.3 Å². The molecule has 0 fully saturated rings. The maximum Gasteiger partial charge on any atom is 0.133 e. The highest BCUT2D eigenvalue weighted by atomic mass is 35.5. The van der Waals surface area contributed by atoms with E-state index in [-0.39, 0.29) is 0 Å². The van der Waals surface area contributed by atoms with Gasteiger partial charge >= 0.3 is 0 Å². The third-order valence-electron chi connectivity index (χ3n) is 3.27. The molecular formula is C17H20ClNO. The summed E-state index contributed by atoms with van der Waals surface area (Å²) < 4.78 is 6.12. The second-order valence-corrected chi connectivity index (χ2v) is 5.56. The van der Waals surface area contributed by atoms with Crippen LogP contribution in [-0.4, -0.2) is 6.54 Å². The molecule has 0 bridgehead atoms. The number of hydrogen-bond acceptors (Lipinski definition) is 2. The molecule has 2 aromatic carbocycles. The monoisotopic (exact) mass is 289 g/mol. The lowest BCUT2D eigenvalue weighted by molar-refractivity contribution is 0.469. The van der Waals surface area contributed by atoms with Crippen LogP contribution in [0.3, 0.4) is 0 Å². The van der Waals surface area contributed by atoms with Crippen molar-refractivity contribution in [1.29, 1.82) is 0 Å². The van der Waals surface area contributed by atoms with E-state index in [0.717, 1.165) is 39.6 Å². The zero-order chi connectivity index (χ0) is 14.7. The van der Waals surface area contributed by atoms with E-state index in [9.17, 15) is 0 Å². The Morgan fingerprint density at radius 3 is 2.30 bits per heavy atom. The van der Waals surface area contributed by atoms with Crippen LogP contribution in [0.1, 0.15) is 22.3 Å². The molecule has 0 aromatic heterocycles. The molecule has 0 aliphatic heterocycles. The SMILES string of the molecule is Cc1ccc(Oc2c(C)cc(Cl)cc2C)c(CCN)c1. The Morgan fingerprint density at radius 1 is 1.05 bits per heavy atom. The maximum absolute atomic E-state index is 6.12. The summed E-state index contributed by atoms with van der Waals surface area (Å²) >= 11 is 6.05. The topological polar surface area (TPSA) is 35.2 Å². The molecule has 20 heavy (non-hydrogen) atoms. The van der Waals surface area contributed by atoms with Crippen LogP contribution in [-0.2, 0) is 6.42 Å². The summed E-state index contributed by atoms with van der Waals surface area (Å²) in [4.78, 5) is 0. The van der Waals surface area contributed by atoms with E-state index >= 15 is 0 Å². The summed E-state index contributed by atoms with van der Waals surface area (Å²) in [6, 6.07) is 10.0. The molecule has 0 heterocycles. The predicted molar refractivity (Wildman–Crippen MR) is 84.9 cm³/mol. The predicted octanol–water partition coefficient (Wildman–Crippen LogP) is 4.56. The van der Waals surface area contributed by atoms with Crippen molar-refractivity contribution >= 4 is 11.6 Å². The largest absolute Gasteiger partial charge is 0.457 e. The van der Waals surface area contributed by atoms with Gasteiger partial charge in [0.2, 0.25) is 0 Å². The lowest BCUT2D eigenvalue weighted by Gasteiger charge is -2.15. The first kappa shape index (κ1) is 14.9. The number of hydrogen-bond donors (Lipinski definition) is 1. The van der Waals surface area contributed by atoms with Crippen molar-refractivity contribution in [2.45, 2.75) is 27.2 Å². The Labute approximate surface area is 125 Å². The van der Waals surface area contributed by atoms with Gasteiger partial charge in [0, 0.05) is 5.02 Å². The highest BCUT2D eigenvalue weighted by Gasteiger charge is 2.10. The van der Waals surface area contributed by atoms with Gasteiger partial charge < -0.3 is 10.5 Å². The summed E-state index contributed by atoms with van der Waals surface area (Å²) in [5, 5.41) is 0.735. The average Bonchev–Trinajstić information content (AvgIpc) is 2.36. The van der Waals surface area contributed by atoms with Gasteiger partial charge in [-0.3, -0.25) is 0 Å². The summed E-state index contributed by atoms with van der Waals surface area (Å²) in [5.41, 5.74) is 10.1. The van der Waals surface area contributed by atoms with Gasteiger partial charge in [0.05, 0.1) is 0 Å². The van der Waals surface area contributed by atoms with Crippen molar-refractivity contribution in [1.82, 2.24) is 0 Å². The molecule has 0 radical (unpaired) electrons. The maximum atomic E-state index is 6.12. The van der Waals surface area contributed by atoms with Crippen LogP contribution < -0.4 is 10.5 Å². The standard InChI is InChI=1S/C17H20ClNO/c1-11-4-5-16(14(8-11)6-7-19)20-17-12(2)9-15(18)10-13(17)3/h4-5,8-10H,6-7,19H2,1-3H3. The van der Waals surface area contributed by atoms with E-state index in [4.69, 9.17) is 22.1 Å². The number of aryl methyl sites for hydroxylation is 3. The fourth-order valence-corrected chi connectivity index (χ4v) is 2.65. The Morgan fingerprint density at radius 2 is 1.70 bits per heavy atom. The second-order valence-electron chi connectivity index (χ2n) is 5.12. The van der Waals surface area contributed by atoms with E-state index in [1.54, 1.807) is 0 Å². The number of rotatable bonds is 4. The van der Waals surface area contributed by atoms with Crippen LogP contribution in [0.4, 0.5) is 0 Å². The second kappa shape index (κ2) is 6.29. The zero-order valence-electron chi connectivity index (χ0n) is 12.2. The first-order valence-electron chi connectivity index (χ1n) is 6.75. The Kier molecular flexibility index (Phi) is 4.69. The molecule has 2 N–H and O–H groups in total. The van der Waals surface area contributed by atoms with Gasteiger partial charge in [0.1, 0.15) is 11.5 Å². The molecule has 0 saturated heterocycles. The van der Waals surface area contributed by atoms with E-state index < -0.39 is 0 Å². The molecule has 0 spiro atoms. The van der Waals surface area contributed by atoms with E-state index in [2.05, 4.69) is 19.1 Å². The van der Waals surface area contributed by atoms with Crippen molar-refractivity contribution in [2.24, 2.45) is 5.73 Å². The summed E-state index contributed by atoms with van der Waals surface area (Å²) in [5.74, 6) is 1.74. The molecule has 0 unspecified atom stereocenters. The van der Waals surface area contributed by atoms with Gasteiger partial charge in [-0.15, -0.1) is 0 Å². The lowest BCUT2D eigenvalue weighted by atomic mass is 10.1. The van der Waals surface area contributed by atoms with Crippen molar-refractivity contribution in [3.63, 3.8) is 0 Å². The summed E-state index contributed by atoms with van der Waals surface area (Å²) in [6.45, 7) is 6.69. The average molecular weight is 290 g/mol. The summed E-state index contributed by atoms with van der Waals surface area (Å²) in [7, 11) is 0. The van der Waals surface area contributed by atoms with Crippen LogP contribution in [0.2, 0.25) is 5.02 Å².